The maximum Gasteiger partial charge on any atom is 0.434 e. The van der Waals surface area contributed by atoms with Gasteiger partial charge in [0.1, 0.15) is 0 Å². The number of hydrogen-bond acceptors (Lipinski definition) is 4. The second-order valence-corrected chi connectivity index (χ2v) is 5.73. The van der Waals surface area contributed by atoms with Crippen LogP contribution in [0.25, 0.3) is 0 Å². The lowest BCUT2D eigenvalue weighted by molar-refractivity contribution is -0.164. The largest absolute Gasteiger partial charge is 0.434 e. The number of rotatable bonds is 2. The van der Waals surface area contributed by atoms with Crippen molar-refractivity contribution in [2.24, 2.45) is 12.1 Å². The highest BCUT2D eigenvalue weighted by Crippen LogP contribution is 2.38. The first-order valence-corrected chi connectivity index (χ1v) is 6.87. The van der Waals surface area contributed by atoms with Crippen molar-refractivity contribution in [3.8, 4) is 0 Å². The van der Waals surface area contributed by atoms with E-state index >= 15 is 0 Å². The Bertz CT molecular complexity index is 687. The van der Waals surface area contributed by atoms with E-state index in [1.54, 1.807) is 0 Å². The van der Waals surface area contributed by atoms with Gasteiger partial charge in [-0.05, 0) is 22.9 Å². The summed E-state index contributed by atoms with van der Waals surface area (Å²) in [6.07, 6.45) is -8.80. The molecule has 2 heterocycles. The van der Waals surface area contributed by atoms with Gasteiger partial charge < -0.3 is 5.11 Å². The third kappa shape index (κ3) is 2.84. The number of hydrogen-bond donors (Lipinski definition) is 1. The zero-order chi connectivity index (χ0) is 17.7. The van der Waals surface area contributed by atoms with Gasteiger partial charge in [-0.3, -0.25) is 9.48 Å². The highest BCUT2D eigenvalue weighted by molar-refractivity contribution is 9.10. The number of nitrogens with zero attached hydrogens (tertiary/aromatic N) is 4. The Morgan fingerprint density at radius 1 is 1.43 bits per heavy atom. The van der Waals surface area contributed by atoms with Crippen LogP contribution in [0.1, 0.15) is 29.5 Å². The lowest BCUT2D eigenvalue weighted by Gasteiger charge is -2.29. The monoisotopic (exact) mass is 404 g/mol. The minimum atomic E-state index is -4.82. The van der Waals surface area contributed by atoms with E-state index in [9.17, 15) is 31.9 Å². The Labute approximate surface area is 134 Å². The molecule has 128 valence electrons. The first-order valence-electron chi connectivity index (χ1n) is 6.08. The molecule has 1 aliphatic rings. The minimum Gasteiger partial charge on any atom is -0.364 e. The summed E-state index contributed by atoms with van der Waals surface area (Å²) in [5, 5.41) is 16.9. The molecule has 23 heavy (non-hydrogen) atoms. The van der Waals surface area contributed by atoms with Gasteiger partial charge in [0.2, 0.25) is 5.72 Å². The fourth-order valence-electron chi connectivity index (χ4n) is 2.18. The number of aliphatic hydroxyl groups is 1. The normalized spacial score (nSPS) is 22.0. The number of carbonyl (C=O) groups excluding carboxylic acids is 1. The molecule has 0 radical (unpaired) electrons. The quantitative estimate of drug-likeness (QED) is 0.769. The zero-order valence-electron chi connectivity index (χ0n) is 11.7. The number of aryl methyl sites for hydroxylation is 1. The third-order valence-corrected chi connectivity index (χ3v) is 3.91. The van der Waals surface area contributed by atoms with Gasteiger partial charge in [-0.1, -0.05) is 0 Å². The van der Waals surface area contributed by atoms with Gasteiger partial charge in [0.15, 0.2) is 11.4 Å². The van der Waals surface area contributed by atoms with Crippen molar-refractivity contribution in [2.45, 2.75) is 31.7 Å². The summed E-state index contributed by atoms with van der Waals surface area (Å²) in [7, 11) is 0.947. The van der Waals surface area contributed by atoms with Gasteiger partial charge in [-0.2, -0.15) is 28.4 Å². The first kappa shape index (κ1) is 17.8. The second-order valence-electron chi connectivity index (χ2n) is 4.94. The summed E-state index contributed by atoms with van der Waals surface area (Å²) in [5.74, 6) is -1.37. The SMILES string of the molecule is CC1=NN(C(=O)c2nn(C)c(C(F)(F)F)c2Br)[C@](O)(C(F)F)C1. The molecule has 12 heteroatoms. The van der Waals surface area contributed by atoms with E-state index in [1.165, 1.54) is 6.92 Å². The van der Waals surface area contributed by atoms with Gasteiger partial charge in [-0.15, -0.1) is 0 Å². The van der Waals surface area contributed by atoms with Crippen molar-refractivity contribution in [3.63, 3.8) is 0 Å². The number of amides is 1. The van der Waals surface area contributed by atoms with E-state index in [0.29, 0.717) is 4.68 Å². The molecule has 0 unspecified atom stereocenters. The van der Waals surface area contributed by atoms with Gasteiger partial charge in [0, 0.05) is 19.2 Å². The van der Waals surface area contributed by atoms with E-state index in [4.69, 9.17) is 0 Å². The first-order chi connectivity index (χ1) is 10.4. The predicted molar refractivity (Wildman–Crippen MR) is 70.8 cm³/mol. The van der Waals surface area contributed by atoms with E-state index in [-0.39, 0.29) is 10.7 Å². The second kappa shape index (κ2) is 5.51. The van der Waals surface area contributed by atoms with E-state index in [2.05, 4.69) is 26.1 Å². The van der Waals surface area contributed by atoms with Crippen molar-refractivity contribution in [3.05, 3.63) is 15.9 Å². The fourth-order valence-corrected chi connectivity index (χ4v) is 2.91. The summed E-state index contributed by atoms with van der Waals surface area (Å²) in [6, 6.07) is 0. The molecular formula is C11H10BrF5N4O2. The van der Waals surface area contributed by atoms with Crippen molar-refractivity contribution in [1.82, 2.24) is 14.8 Å². The van der Waals surface area contributed by atoms with Crippen LogP contribution in [-0.4, -0.2) is 43.7 Å². The highest BCUT2D eigenvalue weighted by atomic mass is 79.9. The van der Waals surface area contributed by atoms with Gasteiger partial charge in [-0.25, -0.2) is 8.78 Å². The van der Waals surface area contributed by atoms with E-state index < -0.39 is 46.5 Å². The highest BCUT2D eigenvalue weighted by Gasteiger charge is 2.52. The number of aromatic nitrogens is 2. The van der Waals surface area contributed by atoms with Crippen molar-refractivity contribution in [2.75, 3.05) is 0 Å². The van der Waals surface area contributed by atoms with Crippen LogP contribution in [-0.2, 0) is 13.2 Å². The molecule has 1 aliphatic heterocycles. The molecule has 0 fully saturated rings. The molecule has 1 amide bonds. The average molecular weight is 405 g/mol. The van der Waals surface area contributed by atoms with Crippen molar-refractivity contribution < 1.29 is 31.9 Å². The molecule has 6 nitrogen and oxygen atoms in total. The standard InChI is InChI=1S/C11H10BrF5N4O2/c1-4-3-10(23,9(13)14)21(18-4)8(22)6-5(12)7(11(15,16)17)20(2)19-6/h9,23H,3H2,1-2H3/t10-/m1/s1. The maximum absolute atomic E-state index is 13.1. The smallest absolute Gasteiger partial charge is 0.364 e. The van der Waals surface area contributed by atoms with Crippen molar-refractivity contribution in [1.29, 1.82) is 0 Å². The molecule has 0 aliphatic carbocycles. The summed E-state index contributed by atoms with van der Waals surface area (Å²) in [5.41, 5.74) is -4.93. The predicted octanol–water partition coefficient (Wildman–Crippen LogP) is 2.38. The average Bonchev–Trinajstić information content (AvgIpc) is 2.85. The van der Waals surface area contributed by atoms with Crippen LogP contribution < -0.4 is 0 Å². The van der Waals surface area contributed by atoms with Crippen LogP contribution in [0, 0.1) is 0 Å². The van der Waals surface area contributed by atoms with Crippen LogP contribution in [0.2, 0.25) is 0 Å². The Morgan fingerprint density at radius 2 is 2.00 bits per heavy atom. The number of halogens is 6. The van der Waals surface area contributed by atoms with Crippen LogP contribution in [0.3, 0.4) is 0 Å². The lowest BCUT2D eigenvalue weighted by Crippen LogP contribution is -2.51. The number of hydrazone groups is 1. The molecule has 0 saturated carbocycles. The molecule has 0 spiro atoms. The molecule has 1 atom stereocenters. The summed E-state index contributed by atoms with van der Waals surface area (Å²) in [4.78, 5) is 12.3. The zero-order valence-corrected chi connectivity index (χ0v) is 13.3. The molecule has 0 aromatic carbocycles. The van der Waals surface area contributed by atoms with Crippen LogP contribution in [0.4, 0.5) is 22.0 Å². The van der Waals surface area contributed by atoms with Crippen LogP contribution in [0.5, 0.6) is 0 Å². The summed E-state index contributed by atoms with van der Waals surface area (Å²) < 4.78 is 64.5. The molecule has 2 rings (SSSR count). The molecule has 0 bridgehead atoms. The molecule has 1 aromatic heterocycles. The molecular weight excluding hydrogens is 395 g/mol. The summed E-state index contributed by atoms with van der Waals surface area (Å²) in [6.45, 7) is 1.30. The summed E-state index contributed by atoms with van der Waals surface area (Å²) >= 11 is 2.61. The Balaban J connectivity index is 2.50. The minimum absolute atomic E-state index is 0.0317. The topological polar surface area (TPSA) is 70.7 Å². The van der Waals surface area contributed by atoms with Gasteiger partial charge in [0.05, 0.1) is 4.47 Å². The Kier molecular flexibility index (Phi) is 4.26. The van der Waals surface area contributed by atoms with Crippen LogP contribution >= 0.6 is 15.9 Å². The Morgan fingerprint density at radius 3 is 2.43 bits per heavy atom. The van der Waals surface area contributed by atoms with Gasteiger partial charge in [0.25, 0.3) is 12.3 Å². The van der Waals surface area contributed by atoms with Crippen molar-refractivity contribution >= 4 is 27.5 Å². The third-order valence-electron chi connectivity index (χ3n) is 3.16. The molecule has 1 N–H and O–H groups in total. The molecule has 0 saturated heterocycles. The Hall–Kier alpha value is -1.56. The molecule has 1 aromatic rings. The van der Waals surface area contributed by atoms with E-state index in [1.807, 2.05) is 0 Å². The van der Waals surface area contributed by atoms with Crippen LogP contribution in [0.15, 0.2) is 9.57 Å². The van der Waals surface area contributed by atoms with E-state index in [0.717, 1.165) is 7.05 Å². The fraction of sp³-hybridized carbons (Fsp3) is 0.545. The lowest BCUT2D eigenvalue weighted by atomic mass is 10.1. The number of carbonyl (C=O) groups is 1. The maximum atomic E-state index is 13.1. The van der Waals surface area contributed by atoms with Gasteiger partial charge >= 0.3 is 6.18 Å². The number of alkyl halides is 5.